The van der Waals surface area contributed by atoms with Crippen molar-refractivity contribution in [1.82, 2.24) is 0 Å². The zero-order valence-corrected chi connectivity index (χ0v) is 9.98. The molecule has 2 nitrogen and oxygen atoms in total. The van der Waals surface area contributed by atoms with Gasteiger partial charge in [0.25, 0.3) is 0 Å². The van der Waals surface area contributed by atoms with Gasteiger partial charge < -0.3 is 5.32 Å². The van der Waals surface area contributed by atoms with Crippen LogP contribution in [0.1, 0.15) is 5.56 Å². The summed E-state index contributed by atoms with van der Waals surface area (Å²) in [5, 5.41) is 11.5. The van der Waals surface area contributed by atoms with Gasteiger partial charge in [-0.3, -0.25) is 0 Å². The van der Waals surface area contributed by atoms with Gasteiger partial charge in [-0.05, 0) is 18.2 Å². The largest absolute Gasteiger partial charge is 0.416 e. The fourth-order valence-electron chi connectivity index (χ4n) is 1.59. The minimum atomic E-state index is -4.35. The number of nitrogens with zero attached hydrogens (tertiary/aromatic N) is 1. The molecule has 2 rings (SSSR count). The number of hydrogen-bond donors (Lipinski definition) is 1. The van der Waals surface area contributed by atoms with E-state index in [-0.39, 0.29) is 5.37 Å². The lowest BCUT2D eigenvalue weighted by atomic mass is 10.2. The summed E-state index contributed by atoms with van der Waals surface area (Å²) in [7, 11) is 0. The smallest absolute Gasteiger partial charge is 0.369 e. The van der Waals surface area contributed by atoms with Gasteiger partial charge in [-0.2, -0.15) is 18.4 Å². The Hall–Kier alpha value is -1.61. The topological polar surface area (TPSA) is 35.8 Å². The van der Waals surface area contributed by atoms with Gasteiger partial charge in [-0.15, -0.1) is 11.8 Å². The first kappa shape index (κ1) is 12.8. The van der Waals surface area contributed by atoms with Crippen molar-refractivity contribution in [1.29, 1.82) is 5.26 Å². The number of hydrogen-bond acceptors (Lipinski definition) is 3. The zero-order chi connectivity index (χ0) is 13.2. The van der Waals surface area contributed by atoms with Gasteiger partial charge in [0.15, 0.2) is 0 Å². The van der Waals surface area contributed by atoms with Crippen molar-refractivity contribution in [2.75, 3.05) is 11.1 Å². The number of alkyl halides is 3. The molecule has 1 aliphatic heterocycles. The summed E-state index contributed by atoms with van der Waals surface area (Å²) < 4.78 is 37.6. The molecule has 1 aliphatic rings. The second-order valence-electron chi connectivity index (χ2n) is 3.71. The third-order valence-electron chi connectivity index (χ3n) is 2.47. The molecule has 18 heavy (non-hydrogen) atoms. The monoisotopic (exact) mass is 270 g/mol. The molecule has 1 unspecified atom stereocenters. The first-order valence-corrected chi connectivity index (χ1v) is 6.21. The minimum absolute atomic E-state index is 0.265. The molecule has 0 radical (unpaired) electrons. The molecule has 6 heteroatoms. The first-order chi connectivity index (χ1) is 8.50. The Morgan fingerprint density at radius 3 is 2.83 bits per heavy atom. The van der Waals surface area contributed by atoms with Gasteiger partial charge >= 0.3 is 6.18 Å². The van der Waals surface area contributed by atoms with E-state index < -0.39 is 11.7 Å². The van der Waals surface area contributed by atoms with Crippen LogP contribution in [0, 0.1) is 11.3 Å². The van der Waals surface area contributed by atoms with Gasteiger partial charge in [0.05, 0.1) is 17.2 Å². The van der Waals surface area contributed by atoms with Crippen molar-refractivity contribution in [2.45, 2.75) is 11.6 Å². The predicted molar refractivity (Wildman–Crippen MR) is 65.0 cm³/mol. The van der Waals surface area contributed by atoms with Crippen LogP contribution in [0.4, 0.5) is 18.9 Å². The lowest BCUT2D eigenvalue weighted by Crippen LogP contribution is -2.15. The summed E-state index contributed by atoms with van der Waals surface area (Å²) in [6, 6.07) is 7.01. The molecule has 94 valence electrons. The summed E-state index contributed by atoms with van der Waals surface area (Å²) in [4.78, 5) is 0. The van der Waals surface area contributed by atoms with E-state index in [2.05, 4.69) is 5.32 Å². The Labute approximate surface area is 106 Å². The van der Waals surface area contributed by atoms with Crippen LogP contribution >= 0.6 is 11.8 Å². The van der Waals surface area contributed by atoms with Gasteiger partial charge in [-0.1, -0.05) is 12.1 Å². The molecule has 0 aliphatic carbocycles. The summed E-state index contributed by atoms with van der Waals surface area (Å²) in [6.07, 6.45) is -2.58. The minimum Gasteiger partial charge on any atom is -0.369 e. The highest BCUT2D eigenvalue weighted by Crippen LogP contribution is 2.32. The highest BCUT2D eigenvalue weighted by Gasteiger charge is 2.30. The maximum Gasteiger partial charge on any atom is 0.416 e. The number of benzene rings is 1. The molecule has 1 heterocycles. The van der Waals surface area contributed by atoms with Gasteiger partial charge in [0.2, 0.25) is 0 Å². The maximum atomic E-state index is 12.5. The van der Waals surface area contributed by atoms with E-state index in [4.69, 9.17) is 5.26 Å². The number of nitriles is 1. The Balaban J connectivity index is 2.16. The summed E-state index contributed by atoms with van der Waals surface area (Å²) in [5.41, 5.74) is 0.223. The standard InChI is InChI=1S/C12H9F3N2S/c13-12(14,15)9-2-1-3-10(6-9)17-11-8(7-16)4-5-18-11/h1-4,6,11,17H,5H2. The average Bonchev–Trinajstić information content (AvgIpc) is 2.75. The van der Waals surface area contributed by atoms with Crippen molar-refractivity contribution in [3.05, 3.63) is 41.5 Å². The molecule has 1 N–H and O–H groups in total. The van der Waals surface area contributed by atoms with Crippen LogP contribution in [0.25, 0.3) is 0 Å². The van der Waals surface area contributed by atoms with Crippen molar-refractivity contribution < 1.29 is 13.2 Å². The highest BCUT2D eigenvalue weighted by atomic mass is 32.2. The number of halogens is 3. The van der Waals surface area contributed by atoms with Crippen LogP contribution in [-0.4, -0.2) is 11.1 Å². The third kappa shape index (κ3) is 2.79. The molecule has 0 amide bonds. The van der Waals surface area contributed by atoms with E-state index in [1.165, 1.54) is 17.8 Å². The zero-order valence-electron chi connectivity index (χ0n) is 9.16. The third-order valence-corrected chi connectivity index (χ3v) is 3.53. The van der Waals surface area contributed by atoms with E-state index in [0.29, 0.717) is 17.0 Å². The maximum absolute atomic E-state index is 12.5. The van der Waals surface area contributed by atoms with Crippen molar-refractivity contribution in [3.8, 4) is 6.07 Å². The number of anilines is 1. The van der Waals surface area contributed by atoms with Crippen molar-refractivity contribution in [3.63, 3.8) is 0 Å². The lowest BCUT2D eigenvalue weighted by molar-refractivity contribution is -0.137. The van der Waals surface area contributed by atoms with Gasteiger partial charge in [0, 0.05) is 11.4 Å². The molecule has 0 fully saturated rings. The molecule has 1 aromatic carbocycles. The molecular weight excluding hydrogens is 261 g/mol. The fourth-order valence-corrected chi connectivity index (χ4v) is 2.61. The molecule has 0 spiro atoms. The van der Waals surface area contributed by atoms with Crippen LogP contribution in [0.15, 0.2) is 35.9 Å². The quantitative estimate of drug-likeness (QED) is 0.891. The number of thioether (sulfide) groups is 1. The number of nitrogens with one attached hydrogen (secondary N) is 1. The predicted octanol–water partition coefficient (Wildman–Crippen LogP) is 3.64. The van der Waals surface area contributed by atoms with Crippen LogP contribution in [-0.2, 0) is 6.18 Å². The second kappa shape index (κ2) is 4.94. The highest BCUT2D eigenvalue weighted by molar-refractivity contribution is 8.00. The van der Waals surface area contributed by atoms with Crippen LogP contribution in [0.3, 0.4) is 0 Å². The molecule has 1 aromatic rings. The Bertz CT molecular complexity index is 517. The fraction of sp³-hybridized carbons (Fsp3) is 0.250. The van der Waals surface area contributed by atoms with E-state index in [1.807, 2.05) is 6.07 Å². The van der Waals surface area contributed by atoms with Gasteiger partial charge in [0.1, 0.15) is 5.37 Å². The van der Waals surface area contributed by atoms with E-state index in [0.717, 1.165) is 12.1 Å². The Morgan fingerprint density at radius 1 is 1.39 bits per heavy atom. The summed E-state index contributed by atoms with van der Waals surface area (Å²) >= 11 is 1.48. The van der Waals surface area contributed by atoms with E-state index in [9.17, 15) is 13.2 Å². The normalized spacial score (nSPS) is 19.2. The van der Waals surface area contributed by atoms with Crippen LogP contribution in [0.5, 0.6) is 0 Å². The second-order valence-corrected chi connectivity index (χ2v) is 4.85. The molecular formula is C12H9F3N2S. The van der Waals surface area contributed by atoms with Crippen LogP contribution in [0.2, 0.25) is 0 Å². The molecule has 0 bridgehead atoms. The SMILES string of the molecule is N#CC1=CCSC1Nc1cccc(C(F)(F)F)c1. The lowest BCUT2D eigenvalue weighted by Gasteiger charge is -2.15. The van der Waals surface area contributed by atoms with E-state index >= 15 is 0 Å². The molecule has 0 aromatic heterocycles. The Morgan fingerprint density at radius 2 is 2.17 bits per heavy atom. The number of rotatable bonds is 2. The van der Waals surface area contributed by atoms with Gasteiger partial charge in [-0.25, -0.2) is 0 Å². The molecule has 0 saturated heterocycles. The van der Waals surface area contributed by atoms with Crippen molar-refractivity contribution in [2.24, 2.45) is 0 Å². The van der Waals surface area contributed by atoms with Crippen molar-refractivity contribution >= 4 is 17.4 Å². The average molecular weight is 270 g/mol. The summed E-state index contributed by atoms with van der Waals surface area (Å²) in [6.45, 7) is 0. The Kier molecular flexibility index (Phi) is 3.53. The first-order valence-electron chi connectivity index (χ1n) is 5.16. The van der Waals surface area contributed by atoms with E-state index in [1.54, 1.807) is 12.1 Å². The summed E-state index contributed by atoms with van der Waals surface area (Å²) in [5.74, 6) is 0.694. The molecule has 0 saturated carbocycles. The van der Waals surface area contributed by atoms with Crippen LogP contribution < -0.4 is 5.32 Å². The molecule has 1 atom stereocenters.